The Labute approximate surface area is 156 Å². The number of ether oxygens (including phenoxy) is 1. The van der Waals surface area contributed by atoms with E-state index in [1.165, 1.54) is 0 Å². The Morgan fingerprint density at radius 3 is 2.50 bits per heavy atom. The van der Waals surface area contributed by atoms with Crippen LogP contribution in [0.2, 0.25) is 0 Å². The molecule has 144 valence electrons. The number of piperidine rings is 1. The summed E-state index contributed by atoms with van der Waals surface area (Å²) in [5, 5.41) is 3.10. The fourth-order valence-corrected chi connectivity index (χ4v) is 4.83. The third-order valence-electron chi connectivity index (χ3n) is 6.74. The summed E-state index contributed by atoms with van der Waals surface area (Å²) in [4.78, 5) is 26.4. The van der Waals surface area contributed by atoms with Gasteiger partial charge in [0, 0.05) is 38.1 Å². The van der Waals surface area contributed by atoms with Crippen molar-refractivity contribution in [2.24, 2.45) is 17.8 Å². The van der Waals surface area contributed by atoms with Gasteiger partial charge in [-0.2, -0.15) is 0 Å². The van der Waals surface area contributed by atoms with Crippen molar-refractivity contribution in [2.45, 2.75) is 63.4 Å². The van der Waals surface area contributed by atoms with Crippen molar-refractivity contribution < 1.29 is 14.3 Å². The molecule has 2 aliphatic carbocycles. The first kappa shape index (κ1) is 18.0. The molecule has 1 atom stereocenters. The van der Waals surface area contributed by atoms with Crippen LogP contribution in [-0.2, 0) is 14.3 Å². The predicted molar refractivity (Wildman–Crippen MR) is 99.4 cm³/mol. The number of carbonyl (C=O) groups excluding carboxylic acids is 2. The summed E-state index contributed by atoms with van der Waals surface area (Å²) >= 11 is 0. The first-order valence-corrected chi connectivity index (χ1v) is 10.5. The van der Waals surface area contributed by atoms with E-state index in [1.807, 2.05) is 0 Å². The molecule has 0 aromatic carbocycles. The summed E-state index contributed by atoms with van der Waals surface area (Å²) in [5.41, 5.74) is -0.0336. The molecular formula is C21H32N2O3. The molecule has 2 heterocycles. The number of hydrogen-bond acceptors (Lipinski definition) is 3. The molecule has 4 rings (SSSR count). The van der Waals surface area contributed by atoms with Crippen LogP contribution in [0.3, 0.4) is 0 Å². The molecule has 3 fully saturated rings. The SMILES string of the molecule is O=C(NCCC1CCOC2(CCN(C(=O)C3CC=CC3)CC2)C1)C1CC1. The van der Waals surface area contributed by atoms with E-state index >= 15 is 0 Å². The molecule has 4 aliphatic rings. The van der Waals surface area contributed by atoms with Gasteiger partial charge in [0.15, 0.2) is 0 Å². The highest BCUT2D eigenvalue weighted by Crippen LogP contribution is 2.39. The number of nitrogens with zero attached hydrogens (tertiary/aromatic N) is 1. The largest absolute Gasteiger partial charge is 0.375 e. The summed E-state index contributed by atoms with van der Waals surface area (Å²) in [6.07, 6.45) is 13.4. The minimum Gasteiger partial charge on any atom is -0.375 e. The maximum absolute atomic E-state index is 12.6. The molecule has 5 heteroatoms. The molecule has 0 aromatic heterocycles. The van der Waals surface area contributed by atoms with Gasteiger partial charge in [-0.25, -0.2) is 0 Å². The van der Waals surface area contributed by atoms with E-state index in [0.717, 1.165) is 84.0 Å². The van der Waals surface area contributed by atoms with Gasteiger partial charge in [0.1, 0.15) is 0 Å². The molecule has 26 heavy (non-hydrogen) atoms. The van der Waals surface area contributed by atoms with Crippen LogP contribution in [-0.4, -0.2) is 48.6 Å². The topological polar surface area (TPSA) is 58.6 Å². The van der Waals surface area contributed by atoms with Gasteiger partial charge in [-0.05, 0) is 63.7 Å². The minimum atomic E-state index is -0.0336. The first-order valence-electron chi connectivity index (χ1n) is 10.5. The lowest BCUT2D eigenvalue weighted by Crippen LogP contribution is -2.51. The highest BCUT2D eigenvalue weighted by atomic mass is 16.5. The average Bonchev–Trinajstić information content (AvgIpc) is 3.36. The molecule has 0 aromatic rings. The number of nitrogens with one attached hydrogen (secondary N) is 1. The summed E-state index contributed by atoms with van der Waals surface area (Å²) in [7, 11) is 0. The van der Waals surface area contributed by atoms with Crippen molar-refractivity contribution in [3.8, 4) is 0 Å². The lowest BCUT2D eigenvalue weighted by atomic mass is 9.78. The second kappa shape index (κ2) is 7.71. The smallest absolute Gasteiger partial charge is 0.226 e. The van der Waals surface area contributed by atoms with Crippen molar-refractivity contribution in [3.63, 3.8) is 0 Å². The van der Waals surface area contributed by atoms with E-state index in [1.54, 1.807) is 0 Å². The molecule has 5 nitrogen and oxygen atoms in total. The quantitative estimate of drug-likeness (QED) is 0.767. The van der Waals surface area contributed by atoms with Crippen molar-refractivity contribution in [2.75, 3.05) is 26.2 Å². The second-order valence-electron chi connectivity index (χ2n) is 8.71. The van der Waals surface area contributed by atoms with Gasteiger partial charge < -0.3 is 15.0 Å². The Balaban J connectivity index is 1.22. The Morgan fingerprint density at radius 2 is 1.81 bits per heavy atom. The van der Waals surface area contributed by atoms with Crippen molar-refractivity contribution >= 4 is 11.8 Å². The number of allylic oxidation sites excluding steroid dienone is 2. The van der Waals surface area contributed by atoms with E-state index in [2.05, 4.69) is 22.4 Å². The Kier molecular flexibility index (Phi) is 5.35. The van der Waals surface area contributed by atoms with Gasteiger partial charge in [0.25, 0.3) is 0 Å². The number of hydrogen-bond donors (Lipinski definition) is 1. The number of amides is 2. The van der Waals surface area contributed by atoms with Crippen LogP contribution < -0.4 is 5.32 Å². The molecular weight excluding hydrogens is 328 g/mol. The Morgan fingerprint density at radius 1 is 1.08 bits per heavy atom. The van der Waals surface area contributed by atoms with Crippen LogP contribution in [0.4, 0.5) is 0 Å². The zero-order valence-corrected chi connectivity index (χ0v) is 15.8. The van der Waals surface area contributed by atoms with Gasteiger partial charge in [-0.1, -0.05) is 12.2 Å². The maximum atomic E-state index is 12.6. The van der Waals surface area contributed by atoms with Gasteiger partial charge in [0.2, 0.25) is 11.8 Å². The normalized spacial score (nSPS) is 28.5. The minimum absolute atomic E-state index is 0.0336. The van der Waals surface area contributed by atoms with Crippen LogP contribution in [0, 0.1) is 17.8 Å². The van der Waals surface area contributed by atoms with E-state index in [9.17, 15) is 9.59 Å². The summed E-state index contributed by atoms with van der Waals surface area (Å²) in [6.45, 7) is 3.29. The third kappa shape index (κ3) is 4.13. The summed E-state index contributed by atoms with van der Waals surface area (Å²) in [6, 6.07) is 0. The van der Waals surface area contributed by atoms with E-state index in [-0.39, 0.29) is 17.4 Å². The van der Waals surface area contributed by atoms with E-state index in [4.69, 9.17) is 4.74 Å². The van der Waals surface area contributed by atoms with Crippen LogP contribution in [0.15, 0.2) is 12.2 Å². The lowest BCUT2D eigenvalue weighted by Gasteiger charge is -2.46. The van der Waals surface area contributed by atoms with Gasteiger partial charge in [0.05, 0.1) is 5.60 Å². The monoisotopic (exact) mass is 360 g/mol. The molecule has 0 radical (unpaired) electrons. The van der Waals surface area contributed by atoms with Crippen LogP contribution in [0.25, 0.3) is 0 Å². The van der Waals surface area contributed by atoms with Crippen LogP contribution >= 0.6 is 0 Å². The molecule has 0 bridgehead atoms. The first-order chi connectivity index (χ1) is 12.7. The van der Waals surface area contributed by atoms with Gasteiger partial charge in [-0.3, -0.25) is 9.59 Å². The molecule has 1 unspecified atom stereocenters. The average molecular weight is 360 g/mol. The number of likely N-dealkylation sites (tertiary alicyclic amines) is 1. The zero-order chi connectivity index (χ0) is 18.0. The van der Waals surface area contributed by atoms with Crippen molar-refractivity contribution in [3.05, 3.63) is 12.2 Å². The van der Waals surface area contributed by atoms with Crippen LogP contribution in [0.1, 0.15) is 57.8 Å². The maximum Gasteiger partial charge on any atom is 0.226 e. The fraction of sp³-hybridized carbons (Fsp3) is 0.810. The molecule has 1 N–H and O–H groups in total. The van der Waals surface area contributed by atoms with E-state index < -0.39 is 0 Å². The highest BCUT2D eigenvalue weighted by molar-refractivity contribution is 5.80. The lowest BCUT2D eigenvalue weighted by molar-refractivity contribution is -0.150. The molecule has 2 saturated heterocycles. The van der Waals surface area contributed by atoms with E-state index in [0.29, 0.717) is 17.7 Å². The number of rotatable bonds is 5. The molecule has 1 saturated carbocycles. The van der Waals surface area contributed by atoms with Crippen LogP contribution in [0.5, 0.6) is 0 Å². The van der Waals surface area contributed by atoms with Crippen molar-refractivity contribution in [1.82, 2.24) is 10.2 Å². The Bertz CT molecular complexity index is 554. The molecule has 2 aliphatic heterocycles. The predicted octanol–water partition coefficient (Wildman–Crippen LogP) is 2.66. The Hall–Kier alpha value is -1.36. The standard InChI is InChI=1S/C21H32N2O3/c24-19(17-5-6-17)22-11-7-16-8-14-26-21(15-16)9-12-23(13-10-21)20(25)18-3-1-2-4-18/h1-2,16-18H,3-15H2,(H,22,24). The fourth-order valence-electron chi connectivity index (χ4n) is 4.83. The van der Waals surface area contributed by atoms with Crippen molar-refractivity contribution in [1.29, 1.82) is 0 Å². The highest BCUT2D eigenvalue weighted by Gasteiger charge is 2.41. The third-order valence-corrected chi connectivity index (χ3v) is 6.74. The summed E-state index contributed by atoms with van der Waals surface area (Å²) in [5.74, 6) is 1.69. The molecule has 2 amide bonds. The van der Waals surface area contributed by atoms with Gasteiger partial charge >= 0.3 is 0 Å². The summed E-state index contributed by atoms with van der Waals surface area (Å²) < 4.78 is 6.23. The van der Waals surface area contributed by atoms with Gasteiger partial charge in [-0.15, -0.1) is 0 Å². The second-order valence-corrected chi connectivity index (χ2v) is 8.71. The number of carbonyl (C=O) groups is 2. The molecule has 1 spiro atoms. The zero-order valence-electron chi connectivity index (χ0n) is 15.8.